The number of carbonyl (C=O) groups is 1. The van der Waals surface area contributed by atoms with Crippen molar-refractivity contribution < 1.29 is 4.79 Å². The third kappa shape index (κ3) is 4.38. The van der Waals surface area contributed by atoms with E-state index in [1.54, 1.807) is 6.92 Å². The average Bonchev–Trinajstić information content (AvgIpc) is 3.16. The summed E-state index contributed by atoms with van der Waals surface area (Å²) in [5, 5.41) is 8.94. The molecule has 0 unspecified atom stereocenters. The number of para-hydroxylation sites is 1. The van der Waals surface area contributed by atoms with Gasteiger partial charge in [0.25, 0.3) is 11.3 Å². The second kappa shape index (κ2) is 8.60. The van der Waals surface area contributed by atoms with E-state index in [1.165, 1.54) is 4.52 Å². The molecule has 4 aromatic rings. The molecule has 0 bridgehead atoms. The molecule has 0 aliphatic rings. The minimum atomic E-state index is -0.245. The minimum Gasteiger partial charge on any atom is -0.351 e. The van der Waals surface area contributed by atoms with E-state index in [9.17, 15) is 9.59 Å². The molecule has 0 aliphatic carbocycles. The highest BCUT2D eigenvalue weighted by molar-refractivity contribution is 5.90. The van der Waals surface area contributed by atoms with Crippen LogP contribution in [0.1, 0.15) is 23.2 Å². The Morgan fingerprint density at radius 2 is 1.73 bits per heavy atom. The van der Waals surface area contributed by atoms with Gasteiger partial charge in [-0.3, -0.25) is 14.7 Å². The number of amides is 1. The summed E-state index contributed by atoms with van der Waals surface area (Å²) in [4.78, 5) is 33.9. The molecular weight excluding hydrogens is 380 g/mol. The van der Waals surface area contributed by atoms with Crippen molar-refractivity contribution in [1.29, 1.82) is 0 Å². The van der Waals surface area contributed by atoms with Crippen molar-refractivity contribution in [3.63, 3.8) is 0 Å². The van der Waals surface area contributed by atoms with Crippen LogP contribution in [0.2, 0.25) is 0 Å². The Morgan fingerprint density at radius 3 is 2.47 bits per heavy atom. The average molecular weight is 402 g/mol. The zero-order chi connectivity index (χ0) is 20.9. The number of H-pyrrole nitrogens is 1. The van der Waals surface area contributed by atoms with E-state index < -0.39 is 0 Å². The van der Waals surface area contributed by atoms with Gasteiger partial charge in [-0.15, -0.1) is 0 Å². The summed E-state index contributed by atoms with van der Waals surface area (Å²) in [6, 6.07) is 19.1. The molecule has 0 spiro atoms. The van der Waals surface area contributed by atoms with Crippen molar-refractivity contribution in [2.75, 3.05) is 10.6 Å². The first-order valence-electron chi connectivity index (χ1n) is 9.71. The van der Waals surface area contributed by atoms with Gasteiger partial charge in [0.15, 0.2) is 0 Å². The molecule has 8 nitrogen and oxygen atoms in total. The van der Waals surface area contributed by atoms with Crippen LogP contribution in [0.4, 0.5) is 11.6 Å². The van der Waals surface area contributed by atoms with Gasteiger partial charge >= 0.3 is 0 Å². The molecule has 0 atom stereocenters. The first-order valence-corrected chi connectivity index (χ1v) is 9.71. The Kier molecular flexibility index (Phi) is 5.56. The number of nitrogens with one attached hydrogen (secondary N) is 3. The fourth-order valence-electron chi connectivity index (χ4n) is 3.19. The van der Waals surface area contributed by atoms with E-state index >= 15 is 0 Å². The summed E-state index contributed by atoms with van der Waals surface area (Å²) in [5.41, 5.74) is 2.65. The standard InChI is InChI=1S/C22H22N6O2/c1-15-18(12-13-19(29)25-17-10-6-3-7-11-17)20(30)28-22(24-15)26-21(27-28)23-14-16-8-4-2-5-9-16/h2-11H,12-14H2,1H3,(H,25,29)(H2,23,24,26,27). The number of anilines is 2. The van der Waals surface area contributed by atoms with Crippen molar-refractivity contribution in [2.45, 2.75) is 26.3 Å². The third-order valence-electron chi connectivity index (χ3n) is 4.76. The van der Waals surface area contributed by atoms with E-state index in [0.717, 1.165) is 11.3 Å². The number of hydrogen-bond donors (Lipinski definition) is 3. The summed E-state index contributed by atoms with van der Waals surface area (Å²) in [6.45, 7) is 2.33. The molecule has 0 saturated heterocycles. The molecule has 0 saturated carbocycles. The van der Waals surface area contributed by atoms with Gasteiger partial charge in [0, 0.05) is 24.2 Å². The Labute approximate surface area is 173 Å². The van der Waals surface area contributed by atoms with E-state index in [2.05, 4.69) is 25.7 Å². The Bertz CT molecular complexity index is 1220. The topological polar surface area (TPSA) is 104 Å². The number of carbonyl (C=O) groups excluding carboxylic acids is 1. The molecular formula is C22H22N6O2. The Morgan fingerprint density at radius 1 is 1.03 bits per heavy atom. The maximum absolute atomic E-state index is 12.9. The van der Waals surface area contributed by atoms with Gasteiger partial charge in [-0.25, -0.2) is 4.98 Å². The molecule has 1 amide bonds. The van der Waals surface area contributed by atoms with Gasteiger partial charge in [-0.1, -0.05) is 48.5 Å². The summed E-state index contributed by atoms with van der Waals surface area (Å²) in [7, 11) is 0. The van der Waals surface area contributed by atoms with Gasteiger partial charge in [-0.2, -0.15) is 9.50 Å². The van der Waals surface area contributed by atoms with Crippen LogP contribution >= 0.6 is 0 Å². The number of nitrogens with zero attached hydrogens (tertiary/aromatic N) is 3. The zero-order valence-electron chi connectivity index (χ0n) is 16.6. The normalized spacial score (nSPS) is 10.8. The molecule has 4 rings (SSSR count). The fourth-order valence-corrected chi connectivity index (χ4v) is 3.19. The summed E-state index contributed by atoms with van der Waals surface area (Å²) < 4.78 is 1.31. The molecule has 2 aromatic carbocycles. The van der Waals surface area contributed by atoms with Crippen LogP contribution in [0.15, 0.2) is 65.5 Å². The van der Waals surface area contributed by atoms with Gasteiger partial charge in [0.1, 0.15) is 0 Å². The maximum Gasteiger partial charge on any atom is 0.277 e. The molecule has 0 fully saturated rings. The smallest absolute Gasteiger partial charge is 0.277 e. The lowest BCUT2D eigenvalue weighted by atomic mass is 10.1. The lowest BCUT2D eigenvalue weighted by Crippen LogP contribution is -2.23. The Balaban J connectivity index is 1.47. The number of benzene rings is 2. The number of aromatic amines is 1. The number of fused-ring (bicyclic) bond motifs is 1. The fraction of sp³-hybridized carbons (Fsp3) is 0.182. The summed E-state index contributed by atoms with van der Waals surface area (Å²) in [6.07, 6.45) is 0.483. The van der Waals surface area contributed by atoms with Crippen molar-refractivity contribution >= 4 is 23.3 Å². The van der Waals surface area contributed by atoms with Crippen LogP contribution in [-0.4, -0.2) is 25.5 Å². The molecule has 0 aliphatic heterocycles. The van der Waals surface area contributed by atoms with Gasteiger partial charge in [0.05, 0.1) is 5.69 Å². The predicted molar refractivity (Wildman–Crippen MR) is 116 cm³/mol. The van der Waals surface area contributed by atoms with Gasteiger partial charge < -0.3 is 10.6 Å². The largest absolute Gasteiger partial charge is 0.351 e. The highest BCUT2D eigenvalue weighted by Crippen LogP contribution is 2.10. The lowest BCUT2D eigenvalue weighted by molar-refractivity contribution is -0.116. The van der Waals surface area contributed by atoms with E-state index in [4.69, 9.17) is 0 Å². The van der Waals surface area contributed by atoms with Crippen LogP contribution in [-0.2, 0) is 17.8 Å². The summed E-state index contributed by atoms with van der Waals surface area (Å²) in [5.74, 6) is 0.604. The first kappa shape index (κ1) is 19.4. The van der Waals surface area contributed by atoms with Crippen LogP contribution in [0.5, 0.6) is 0 Å². The number of aromatic nitrogens is 4. The highest BCUT2D eigenvalue weighted by atomic mass is 16.1. The van der Waals surface area contributed by atoms with Crippen molar-refractivity contribution in [3.8, 4) is 0 Å². The number of hydrogen-bond acceptors (Lipinski definition) is 5. The van der Waals surface area contributed by atoms with Gasteiger partial charge in [0.2, 0.25) is 11.9 Å². The molecule has 2 heterocycles. The molecule has 30 heavy (non-hydrogen) atoms. The molecule has 2 aromatic heterocycles. The Hall–Kier alpha value is -3.94. The van der Waals surface area contributed by atoms with E-state index in [0.29, 0.717) is 35.9 Å². The lowest BCUT2D eigenvalue weighted by Gasteiger charge is -2.06. The van der Waals surface area contributed by atoms with Crippen LogP contribution in [0.3, 0.4) is 0 Å². The van der Waals surface area contributed by atoms with E-state index in [-0.39, 0.29) is 17.9 Å². The van der Waals surface area contributed by atoms with E-state index in [1.807, 2.05) is 60.7 Å². The van der Waals surface area contributed by atoms with Crippen molar-refractivity contribution in [2.24, 2.45) is 0 Å². The second-order valence-electron chi connectivity index (χ2n) is 6.94. The van der Waals surface area contributed by atoms with Crippen molar-refractivity contribution in [1.82, 2.24) is 19.6 Å². The molecule has 0 radical (unpaired) electrons. The predicted octanol–water partition coefficient (Wildman–Crippen LogP) is 2.91. The molecule has 152 valence electrons. The second-order valence-corrected chi connectivity index (χ2v) is 6.94. The van der Waals surface area contributed by atoms with Crippen LogP contribution < -0.4 is 16.2 Å². The third-order valence-corrected chi connectivity index (χ3v) is 4.76. The first-order chi connectivity index (χ1) is 14.6. The summed E-state index contributed by atoms with van der Waals surface area (Å²) >= 11 is 0. The zero-order valence-corrected chi connectivity index (χ0v) is 16.6. The number of rotatable bonds is 7. The quantitative estimate of drug-likeness (QED) is 0.441. The maximum atomic E-state index is 12.9. The monoisotopic (exact) mass is 402 g/mol. The van der Waals surface area contributed by atoms with Crippen LogP contribution in [0, 0.1) is 6.92 Å². The SMILES string of the molecule is Cc1nc2nc(NCc3ccccc3)[nH]n2c(=O)c1CCC(=O)Nc1ccccc1. The molecule has 8 heteroatoms. The molecule has 3 N–H and O–H groups in total. The van der Waals surface area contributed by atoms with Gasteiger partial charge in [-0.05, 0) is 31.0 Å². The minimum absolute atomic E-state index is 0.153. The van der Waals surface area contributed by atoms with Crippen LogP contribution in [0.25, 0.3) is 5.78 Å². The number of aryl methyl sites for hydroxylation is 1. The highest BCUT2D eigenvalue weighted by Gasteiger charge is 2.14. The van der Waals surface area contributed by atoms with Crippen molar-refractivity contribution in [3.05, 3.63) is 87.8 Å².